The third-order valence-corrected chi connectivity index (χ3v) is 5.66. The van der Waals surface area contributed by atoms with E-state index in [9.17, 15) is 14.7 Å². The van der Waals surface area contributed by atoms with Gasteiger partial charge in [0.05, 0.1) is 31.4 Å². The smallest absolute Gasteiger partial charge is 0.250 e. The Hall–Kier alpha value is -3.01. The first-order valence-corrected chi connectivity index (χ1v) is 10.6. The zero-order valence-corrected chi connectivity index (χ0v) is 17.8. The number of carbonyl (C=O) groups excluding carboxylic acids is 2. The Morgan fingerprint density at radius 2 is 2.12 bits per heavy atom. The summed E-state index contributed by atoms with van der Waals surface area (Å²) < 4.78 is 16.9. The van der Waals surface area contributed by atoms with Crippen LogP contribution in [-0.2, 0) is 25.6 Å². The van der Waals surface area contributed by atoms with Crippen LogP contribution >= 0.6 is 0 Å². The number of anilines is 1. The number of nitrogens with zero attached hydrogens (tertiary/aromatic N) is 1. The maximum atomic E-state index is 12.5. The molecule has 9 nitrogen and oxygen atoms in total. The number of benzene rings is 1. The molecule has 2 amide bonds. The first-order chi connectivity index (χ1) is 15.6. The van der Waals surface area contributed by atoms with Gasteiger partial charge >= 0.3 is 0 Å². The molecule has 3 heterocycles. The average molecular weight is 441 g/mol. The van der Waals surface area contributed by atoms with Crippen molar-refractivity contribution in [2.75, 3.05) is 25.6 Å². The Morgan fingerprint density at radius 3 is 2.88 bits per heavy atom. The summed E-state index contributed by atoms with van der Waals surface area (Å²) in [4.78, 5) is 28.5. The molecule has 2 aliphatic rings. The minimum Gasteiger partial charge on any atom is -0.487 e. The SMILES string of the molecule is COCC(=O)Nc1ccc2c(c1)[C@@H]1C[C@H](CC(=O)NCc3ccccn3)O[C@H](CO)[C@@H]1O2. The molecule has 170 valence electrons. The monoisotopic (exact) mass is 441 g/mol. The highest BCUT2D eigenvalue weighted by Gasteiger charge is 2.46. The molecule has 9 heteroatoms. The molecule has 1 aromatic carbocycles. The number of rotatable bonds is 8. The summed E-state index contributed by atoms with van der Waals surface area (Å²) in [6.07, 6.45) is 1.18. The number of ether oxygens (including phenoxy) is 3. The summed E-state index contributed by atoms with van der Waals surface area (Å²) in [6, 6.07) is 11.0. The van der Waals surface area contributed by atoms with Crippen molar-refractivity contribution in [2.24, 2.45) is 0 Å². The van der Waals surface area contributed by atoms with Gasteiger partial charge in [-0.2, -0.15) is 0 Å². The van der Waals surface area contributed by atoms with Crippen molar-refractivity contribution >= 4 is 17.5 Å². The molecular weight excluding hydrogens is 414 g/mol. The second-order valence-electron chi connectivity index (χ2n) is 7.94. The van der Waals surface area contributed by atoms with Gasteiger partial charge in [-0.25, -0.2) is 0 Å². The summed E-state index contributed by atoms with van der Waals surface area (Å²) in [5.41, 5.74) is 2.36. The maximum absolute atomic E-state index is 12.5. The van der Waals surface area contributed by atoms with Crippen LogP contribution in [0.5, 0.6) is 5.75 Å². The molecule has 1 fully saturated rings. The Morgan fingerprint density at radius 1 is 1.25 bits per heavy atom. The Labute approximate surface area is 186 Å². The van der Waals surface area contributed by atoms with Crippen molar-refractivity contribution in [3.05, 3.63) is 53.9 Å². The molecular formula is C23H27N3O6. The molecule has 0 unspecified atom stereocenters. The predicted molar refractivity (Wildman–Crippen MR) is 115 cm³/mol. The van der Waals surface area contributed by atoms with Crippen molar-refractivity contribution in [3.8, 4) is 5.75 Å². The molecule has 4 atom stereocenters. The number of methoxy groups -OCH3 is 1. The summed E-state index contributed by atoms with van der Waals surface area (Å²) in [7, 11) is 1.46. The van der Waals surface area contributed by atoms with Crippen molar-refractivity contribution in [1.29, 1.82) is 0 Å². The van der Waals surface area contributed by atoms with Crippen LogP contribution in [0.4, 0.5) is 5.69 Å². The lowest BCUT2D eigenvalue weighted by Gasteiger charge is -2.37. The predicted octanol–water partition coefficient (Wildman–Crippen LogP) is 1.37. The number of nitrogens with one attached hydrogen (secondary N) is 2. The number of carbonyl (C=O) groups is 2. The quantitative estimate of drug-likeness (QED) is 0.566. The van der Waals surface area contributed by atoms with Gasteiger partial charge in [0, 0.05) is 30.5 Å². The molecule has 0 aliphatic carbocycles. The van der Waals surface area contributed by atoms with Gasteiger partial charge in [-0.1, -0.05) is 6.07 Å². The van der Waals surface area contributed by atoms with Gasteiger partial charge in [-0.05, 0) is 36.8 Å². The number of aromatic nitrogens is 1. The lowest BCUT2D eigenvalue weighted by Crippen LogP contribution is -2.47. The number of hydrogen-bond acceptors (Lipinski definition) is 7. The number of amides is 2. The van der Waals surface area contributed by atoms with Crippen LogP contribution in [0, 0.1) is 0 Å². The second kappa shape index (κ2) is 10.1. The van der Waals surface area contributed by atoms with Gasteiger partial charge in [-0.15, -0.1) is 0 Å². The molecule has 4 rings (SSSR count). The summed E-state index contributed by atoms with van der Waals surface area (Å²) in [6.45, 7) is 0.104. The number of aliphatic hydroxyl groups is 1. The number of hydrogen-bond donors (Lipinski definition) is 3. The average Bonchev–Trinajstić information content (AvgIpc) is 3.16. The highest BCUT2D eigenvalue weighted by molar-refractivity contribution is 5.92. The number of pyridine rings is 1. The van der Waals surface area contributed by atoms with Crippen LogP contribution in [0.15, 0.2) is 42.6 Å². The summed E-state index contributed by atoms with van der Waals surface area (Å²) >= 11 is 0. The molecule has 2 aliphatic heterocycles. The highest BCUT2D eigenvalue weighted by atomic mass is 16.6. The topological polar surface area (TPSA) is 119 Å². The van der Waals surface area contributed by atoms with Crippen molar-refractivity contribution in [1.82, 2.24) is 10.3 Å². The summed E-state index contributed by atoms with van der Waals surface area (Å²) in [5, 5.41) is 15.5. The van der Waals surface area contributed by atoms with E-state index in [2.05, 4.69) is 15.6 Å². The van der Waals surface area contributed by atoms with E-state index in [1.54, 1.807) is 18.3 Å². The third kappa shape index (κ3) is 5.07. The number of fused-ring (bicyclic) bond motifs is 3. The largest absolute Gasteiger partial charge is 0.487 e. The van der Waals surface area contributed by atoms with Crippen molar-refractivity contribution in [2.45, 2.75) is 43.6 Å². The van der Waals surface area contributed by atoms with Crippen LogP contribution in [0.1, 0.15) is 30.0 Å². The fourth-order valence-corrected chi connectivity index (χ4v) is 4.27. The van der Waals surface area contributed by atoms with E-state index in [0.29, 0.717) is 24.4 Å². The normalized spacial score (nSPS) is 23.6. The first kappa shape index (κ1) is 22.2. The first-order valence-electron chi connectivity index (χ1n) is 10.6. The Balaban J connectivity index is 1.42. The van der Waals surface area contributed by atoms with E-state index < -0.39 is 6.10 Å². The van der Waals surface area contributed by atoms with E-state index in [4.69, 9.17) is 14.2 Å². The molecule has 0 bridgehead atoms. The van der Waals surface area contributed by atoms with Gasteiger partial charge in [0.25, 0.3) is 0 Å². The van der Waals surface area contributed by atoms with Gasteiger partial charge in [0.2, 0.25) is 11.8 Å². The summed E-state index contributed by atoms with van der Waals surface area (Å²) in [5.74, 6) is 0.261. The molecule has 0 saturated carbocycles. The van der Waals surface area contributed by atoms with Crippen LogP contribution in [-0.4, -0.2) is 60.5 Å². The lowest BCUT2D eigenvalue weighted by molar-refractivity contribution is -0.142. The van der Waals surface area contributed by atoms with E-state index in [0.717, 1.165) is 11.3 Å². The van der Waals surface area contributed by atoms with Gasteiger partial charge in [0.1, 0.15) is 24.6 Å². The minimum atomic E-state index is -0.540. The molecule has 0 radical (unpaired) electrons. The third-order valence-electron chi connectivity index (χ3n) is 5.66. The van der Waals surface area contributed by atoms with E-state index in [1.165, 1.54) is 7.11 Å². The molecule has 1 aromatic heterocycles. The highest BCUT2D eigenvalue weighted by Crippen LogP contribution is 2.47. The zero-order chi connectivity index (χ0) is 22.5. The van der Waals surface area contributed by atoms with Crippen molar-refractivity contribution < 1.29 is 28.9 Å². The van der Waals surface area contributed by atoms with Crippen LogP contribution in [0.3, 0.4) is 0 Å². The van der Waals surface area contributed by atoms with E-state index in [-0.39, 0.29) is 49.6 Å². The Kier molecular flexibility index (Phi) is 6.99. The van der Waals surface area contributed by atoms with Crippen LogP contribution < -0.4 is 15.4 Å². The van der Waals surface area contributed by atoms with Crippen LogP contribution in [0.25, 0.3) is 0 Å². The maximum Gasteiger partial charge on any atom is 0.250 e. The number of aliphatic hydroxyl groups excluding tert-OH is 1. The molecule has 1 saturated heterocycles. The Bertz CT molecular complexity index is 954. The van der Waals surface area contributed by atoms with E-state index in [1.807, 2.05) is 24.3 Å². The standard InChI is InChI=1S/C23H27N3O6/c1-30-13-22(29)26-14-5-6-19-17(8-14)18-9-16(31-20(12-27)23(18)32-19)10-21(28)25-11-15-4-2-3-7-24-15/h2-8,16,18,20,23,27H,9-13H2,1H3,(H,25,28)(H,26,29)/t16-,18+,20-,23-/m1/s1. The van der Waals surface area contributed by atoms with Gasteiger partial charge < -0.3 is 30.0 Å². The van der Waals surface area contributed by atoms with Crippen LogP contribution in [0.2, 0.25) is 0 Å². The zero-order valence-electron chi connectivity index (χ0n) is 17.8. The molecule has 32 heavy (non-hydrogen) atoms. The minimum absolute atomic E-state index is 0.0320. The van der Waals surface area contributed by atoms with Gasteiger partial charge in [-0.3, -0.25) is 14.6 Å². The van der Waals surface area contributed by atoms with Crippen molar-refractivity contribution in [3.63, 3.8) is 0 Å². The molecule has 2 aromatic rings. The lowest BCUT2D eigenvalue weighted by atomic mass is 9.84. The molecule has 3 N–H and O–H groups in total. The fraction of sp³-hybridized carbons (Fsp3) is 0.435. The van der Waals surface area contributed by atoms with E-state index >= 15 is 0 Å². The fourth-order valence-electron chi connectivity index (χ4n) is 4.27. The van der Waals surface area contributed by atoms with Gasteiger partial charge in [0.15, 0.2) is 0 Å². The second-order valence-corrected chi connectivity index (χ2v) is 7.94. The molecule has 0 spiro atoms.